The lowest BCUT2D eigenvalue weighted by Gasteiger charge is -2.21. The van der Waals surface area contributed by atoms with Crippen molar-refractivity contribution in [1.29, 1.82) is 0 Å². The number of carbonyl (C=O) groups excluding carboxylic acids is 2. The Morgan fingerprint density at radius 2 is 2.00 bits per heavy atom. The van der Waals surface area contributed by atoms with E-state index >= 15 is 0 Å². The number of ketones is 1. The number of hydrogen-bond acceptors (Lipinski definition) is 5. The zero-order chi connectivity index (χ0) is 16.0. The molecule has 5 nitrogen and oxygen atoms in total. The molecule has 0 aromatic carbocycles. The fourth-order valence-corrected chi connectivity index (χ4v) is 2.03. The van der Waals surface area contributed by atoms with E-state index in [0.29, 0.717) is 17.7 Å². The highest BCUT2D eigenvalue weighted by Crippen LogP contribution is 2.26. The summed E-state index contributed by atoms with van der Waals surface area (Å²) in [5.41, 5.74) is 0.494. The first-order valence-electron chi connectivity index (χ1n) is 6.92. The van der Waals surface area contributed by atoms with E-state index in [1.54, 1.807) is 39.3 Å². The molecule has 1 aromatic rings. The molecule has 0 N–H and O–H groups in total. The van der Waals surface area contributed by atoms with Crippen molar-refractivity contribution in [3.63, 3.8) is 0 Å². The Bertz CT molecular complexity index is 511. The van der Waals surface area contributed by atoms with Crippen molar-refractivity contribution in [2.24, 2.45) is 5.41 Å². The molecule has 1 rings (SSSR count). The second-order valence-corrected chi connectivity index (χ2v) is 5.61. The number of carbonyl (C=O) groups is 2. The molecule has 0 aliphatic rings. The second kappa shape index (κ2) is 7.31. The average molecular weight is 293 g/mol. The molecule has 1 atom stereocenters. The smallest absolute Gasteiger partial charge is 0.311 e. The summed E-state index contributed by atoms with van der Waals surface area (Å²) >= 11 is 0. The number of nitrogens with zero attached hydrogens (tertiary/aromatic N) is 1. The molecule has 0 spiro atoms. The van der Waals surface area contributed by atoms with E-state index in [2.05, 4.69) is 4.98 Å². The molecule has 1 aromatic heterocycles. The molecular weight excluding hydrogens is 270 g/mol. The Morgan fingerprint density at radius 3 is 2.57 bits per heavy atom. The normalized spacial score (nSPS) is 12.8. The highest BCUT2D eigenvalue weighted by Gasteiger charge is 2.29. The van der Waals surface area contributed by atoms with Crippen LogP contribution in [0.3, 0.4) is 0 Å². The van der Waals surface area contributed by atoms with E-state index in [0.717, 1.165) is 0 Å². The van der Waals surface area contributed by atoms with Gasteiger partial charge in [0, 0.05) is 25.3 Å². The molecule has 0 fully saturated rings. The molecule has 0 amide bonds. The van der Waals surface area contributed by atoms with Crippen LogP contribution >= 0.6 is 0 Å². The number of rotatable bonds is 7. The summed E-state index contributed by atoms with van der Waals surface area (Å²) in [6, 6.07) is 3.47. The monoisotopic (exact) mass is 293 g/mol. The van der Waals surface area contributed by atoms with E-state index in [1.165, 1.54) is 7.11 Å². The highest BCUT2D eigenvalue weighted by atomic mass is 16.5. The zero-order valence-electron chi connectivity index (χ0n) is 13.3. The summed E-state index contributed by atoms with van der Waals surface area (Å²) < 4.78 is 9.99. The Kier molecular flexibility index (Phi) is 6.03. The number of aromatic nitrogens is 1. The van der Waals surface area contributed by atoms with E-state index < -0.39 is 5.41 Å². The summed E-state index contributed by atoms with van der Waals surface area (Å²) in [4.78, 5) is 28.3. The van der Waals surface area contributed by atoms with Gasteiger partial charge in [-0.3, -0.25) is 14.6 Å². The minimum Gasteiger partial charge on any atom is -0.469 e. The van der Waals surface area contributed by atoms with Crippen LogP contribution in [0.25, 0.3) is 0 Å². The summed E-state index contributed by atoms with van der Waals surface area (Å²) in [5.74, 6) is -0.356. The van der Waals surface area contributed by atoms with Gasteiger partial charge in [0.05, 0.1) is 24.3 Å². The lowest BCUT2D eigenvalue weighted by molar-refractivity contribution is -0.151. The molecular formula is C16H23NO4. The number of Topliss-reactive ketones (excluding diaryl/α,β-unsaturated/α-hetero) is 1. The Labute approximate surface area is 125 Å². The average Bonchev–Trinajstić information content (AvgIpc) is 2.50. The zero-order valence-corrected chi connectivity index (χ0v) is 13.3. The van der Waals surface area contributed by atoms with Crippen LogP contribution in [-0.2, 0) is 14.3 Å². The van der Waals surface area contributed by atoms with E-state index in [-0.39, 0.29) is 24.3 Å². The van der Waals surface area contributed by atoms with Crippen molar-refractivity contribution in [1.82, 2.24) is 4.98 Å². The molecule has 0 unspecified atom stereocenters. The predicted molar refractivity (Wildman–Crippen MR) is 79.0 cm³/mol. The van der Waals surface area contributed by atoms with Crippen LogP contribution in [0, 0.1) is 5.41 Å². The van der Waals surface area contributed by atoms with Gasteiger partial charge in [0.25, 0.3) is 0 Å². The maximum absolute atomic E-state index is 12.4. The highest BCUT2D eigenvalue weighted by molar-refractivity contribution is 5.97. The van der Waals surface area contributed by atoms with Crippen molar-refractivity contribution < 1.29 is 19.1 Å². The predicted octanol–water partition coefficient (Wildman–Crippen LogP) is 2.95. The third-order valence-electron chi connectivity index (χ3n) is 3.59. The number of esters is 1. The quantitative estimate of drug-likeness (QED) is 0.571. The fraction of sp³-hybridized carbons (Fsp3) is 0.562. The molecule has 21 heavy (non-hydrogen) atoms. The van der Waals surface area contributed by atoms with Crippen molar-refractivity contribution in [2.75, 3.05) is 14.2 Å². The maximum atomic E-state index is 12.4. The Morgan fingerprint density at radius 1 is 1.33 bits per heavy atom. The molecule has 5 heteroatoms. The largest absolute Gasteiger partial charge is 0.469 e. The summed E-state index contributed by atoms with van der Waals surface area (Å²) in [6.45, 7) is 5.39. The van der Waals surface area contributed by atoms with Crippen LogP contribution in [0.1, 0.15) is 55.8 Å². The van der Waals surface area contributed by atoms with Crippen molar-refractivity contribution >= 4 is 11.8 Å². The summed E-state index contributed by atoms with van der Waals surface area (Å²) in [5, 5.41) is 0. The van der Waals surface area contributed by atoms with Crippen molar-refractivity contribution in [3.05, 3.63) is 29.6 Å². The van der Waals surface area contributed by atoms with E-state index in [4.69, 9.17) is 9.47 Å². The van der Waals surface area contributed by atoms with Crippen LogP contribution < -0.4 is 0 Å². The van der Waals surface area contributed by atoms with Gasteiger partial charge in [-0.2, -0.15) is 0 Å². The van der Waals surface area contributed by atoms with Crippen molar-refractivity contribution in [2.45, 2.75) is 39.7 Å². The topological polar surface area (TPSA) is 65.5 Å². The standard InChI is InChI=1S/C16H23NO4/c1-11(20-4)14-12(7-6-10-17-14)13(18)8-9-16(2,3)15(19)21-5/h6-7,10-11H,8-9H2,1-5H3/t11-/m0/s1. The minimum atomic E-state index is -0.681. The molecule has 0 bridgehead atoms. The number of methoxy groups -OCH3 is 2. The SMILES string of the molecule is COC(=O)C(C)(C)CCC(=O)c1cccnc1[C@H](C)OC. The van der Waals surface area contributed by atoms with Crippen LogP contribution in [0.2, 0.25) is 0 Å². The molecule has 0 aliphatic carbocycles. The number of pyridine rings is 1. The lowest BCUT2D eigenvalue weighted by atomic mass is 9.86. The molecule has 116 valence electrons. The van der Waals surface area contributed by atoms with Gasteiger partial charge in [0.2, 0.25) is 0 Å². The van der Waals surface area contributed by atoms with E-state index in [9.17, 15) is 9.59 Å². The molecule has 0 aliphatic heterocycles. The first-order valence-corrected chi connectivity index (χ1v) is 6.92. The van der Waals surface area contributed by atoms with Gasteiger partial charge in [-0.05, 0) is 39.3 Å². The number of ether oxygens (including phenoxy) is 2. The third kappa shape index (κ3) is 4.36. The van der Waals surface area contributed by atoms with Crippen molar-refractivity contribution in [3.8, 4) is 0 Å². The van der Waals surface area contributed by atoms with Crippen LogP contribution in [0.4, 0.5) is 0 Å². The molecule has 0 saturated carbocycles. The second-order valence-electron chi connectivity index (χ2n) is 5.61. The summed E-state index contributed by atoms with van der Waals surface area (Å²) in [7, 11) is 2.93. The van der Waals surface area contributed by atoms with Gasteiger partial charge in [-0.25, -0.2) is 0 Å². The fourth-order valence-electron chi connectivity index (χ4n) is 2.03. The van der Waals surface area contributed by atoms with Crippen LogP contribution in [-0.4, -0.2) is 31.0 Å². The molecule has 0 saturated heterocycles. The third-order valence-corrected chi connectivity index (χ3v) is 3.59. The van der Waals surface area contributed by atoms with Gasteiger partial charge < -0.3 is 9.47 Å². The van der Waals surface area contributed by atoms with Gasteiger partial charge in [-0.15, -0.1) is 0 Å². The molecule has 1 heterocycles. The Balaban J connectivity index is 2.84. The van der Waals surface area contributed by atoms with E-state index in [1.807, 2.05) is 6.92 Å². The van der Waals surface area contributed by atoms with Gasteiger partial charge in [0.15, 0.2) is 5.78 Å². The first kappa shape index (κ1) is 17.3. The number of hydrogen-bond donors (Lipinski definition) is 0. The Hall–Kier alpha value is -1.75. The lowest BCUT2D eigenvalue weighted by Crippen LogP contribution is -2.26. The van der Waals surface area contributed by atoms with Gasteiger partial charge in [-0.1, -0.05) is 0 Å². The molecule has 0 radical (unpaired) electrons. The minimum absolute atomic E-state index is 0.0426. The maximum Gasteiger partial charge on any atom is 0.311 e. The van der Waals surface area contributed by atoms with Gasteiger partial charge in [0.1, 0.15) is 0 Å². The van der Waals surface area contributed by atoms with Crippen LogP contribution in [0.15, 0.2) is 18.3 Å². The summed E-state index contributed by atoms with van der Waals surface area (Å²) in [6.07, 6.45) is 2.07. The van der Waals surface area contributed by atoms with Gasteiger partial charge >= 0.3 is 5.97 Å². The van der Waals surface area contributed by atoms with Crippen LogP contribution in [0.5, 0.6) is 0 Å². The first-order chi connectivity index (χ1) is 9.83.